The minimum absolute atomic E-state index is 0.392. The SMILES string of the molecule is COC(=O)c1ccc(Cl)c(-c2ccc(/C=N/n3cnnc3)o2)c1. The summed E-state index contributed by atoms with van der Waals surface area (Å²) in [6.07, 6.45) is 4.43. The smallest absolute Gasteiger partial charge is 0.337 e. The Balaban J connectivity index is 1.89. The largest absolute Gasteiger partial charge is 0.465 e. The molecule has 0 amide bonds. The molecule has 3 rings (SSSR count). The van der Waals surface area contributed by atoms with Crippen LogP contribution in [-0.2, 0) is 4.74 Å². The normalized spacial score (nSPS) is 11.0. The van der Waals surface area contributed by atoms with Gasteiger partial charge in [-0.3, -0.25) is 0 Å². The van der Waals surface area contributed by atoms with E-state index in [-0.39, 0.29) is 0 Å². The molecule has 0 saturated carbocycles. The molecule has 0 radical (unpaired) electrons. The molecule has 0 fully saturated rings. The van der Waals surface area contributed by atoms with Crippen molar-refractivity contribution in [3.8, 4) is 11.3 Å². The van der Waals surface area contributed by atoms with Crippen LogP contribution in [0.5, 0.6) is 0 Å². The van der Waals surface area contributed by atoms with Crippen LogP contribution in [0.4, 0.5) is 0 Å². The number of halogens is 1. The topological polar surface area (TPSA) is 82.5 Å². The average Bonchev–Trinajstić information content (AvgIpc) is 3.24. The highest BCUT2D eigenvalue weighted by atomic mass is 35.5. The molecule has 0 unspecified atom stereocenters. The fourth-order valence-electron chi connectivity index (χ4n) is 1.90. The molecule has 0 bridgehead atoms. The Morgan fingerprint density at radius 3 is 2.83 bits per heavy atom. The van der Waals surface area contributed by atoms with Crippen molar-refractivity contribution in [2.45, 2.75) is 0 Å². The number of rotatable bonds is 4. The van der Waals surface area contributed by atoms with E-state index in [0.717, 1.165) is 0 Å². The number of ether oxygens (including phenoxy) is 1. The standard InChI is InChI=1S/C15H11ClN4O3/c1-22-15(21)10-2-4-13(16)12(6-10)14-5-3-11(23-14)7-19-20-8-17-18-9-20/h2-9H,1H3/b19-7+. The Morgan fingerprint density at radius 1 is 1.30 bits per heavy atom. The summed E-state index contributed by atoms with van der Waals surface area (Å²) in [6, 6.07) is 8.32. The fraction of sp³-hybridized carbons (Fsp3) is 0.0667. The number of esters is 1. The maximum absolute atomic E-state index is 11.6. The van der Waals surface area contributed by atoms with E-state index in [0.29, 0.717) is 27.7 Å². The van der Waals surface area contributed by atoms with Gasteiger partial charge in [0.15, 0.2) is 0 Å². The lowest BCUT2D eigenvalue weighted by Crippen LogP contribution is -2.01. The number of carbonyl (C=O) groups is 1. The van der Waals surface area contributed by atoms with E-state index in [9.17, 15) is 4.79 Å². The van der Waals surface area contributed by atoms with Gasteiger partial charge in [0.2, 0.25) is 0 Å². The maximum atomic E-state index is 11.6. The van der Waals surface area contributed by atoms with Crippen molar-refractivity contribution in [3.63, 3.8) is 0 Å². The molecule has 0 aliphatic carbocycles. The van der Waals surface area contributed by atoms with Crippen LogP contribution in [0.1, 0.15) is 16.1 Å². The summed E-state index contributed by atoms with van der Waals surface area (Å²) in [7, 11) is 1.32. The number of carbonyl (C=O) groups excluding carboxylic acids is 1. The van der Waals surface area contributed by atoms with Gasteiger partial charge in [-0.25, -0.2) is 9.47 Å². The molecule has 23 heavy (non-hydrogen) atoms. The summed E-state index contributed by atoms with van der Waals surface area (Å²) < 4.78 is 11.8. The second kappa shape index (κ2) is 6.45. The van der Waals surface area contributed by atoms with Gasteiger partial charge in [-0.05, 0) is 30.3 Å². The third-order valence-electron chi connectivity index (χ3n) is 3.00. The number of hydrogen-bond donors (Lipinski definition) is 0. The lowest BCUT2D eigenvalue weighted by molar-refractivity contribution is 0.0601. The van der Waals surface area contributed by atoms with E-state index in [1.54, 1.807) is 30.3 Å². The third-order valence-corrected chi connectivity index (χ3v) is 3.33. The maximum Gasteiger partial charge on any atom is 0.337 e. The molecule has 3 aromatic rings. The van der Waals surface area contributed by atoms with E-state index in [1.165, 1.54) is 30.7 Å². The third kappa shape index (κ3) is 3.29. The van der Waals surface area contributed by atoms with E-state index < -0.39 is 5.97 Å². The van der Waals surface area contributed by atoms with E-state index in [4.69, 9.17) is 20.8 Å². The van der Waals surface area contributed by atoms with Crippen LogP contribution < -0.4 is 0 Å². The van der Waals surface area contributed by atoms with Crippen LogP contribution in [0.15, 0.2) is 52.5 Å². The van der Waals surface area contributed by atoms with Gasteiger partial charge in [0.1, 0.15) is 24.2 Å². The van der Waals surface area contributed by atoms with Gasteiger partial charge in [-0.2, -0.15) is 5.10 Å². The fourth-order valence-corrected chi connectivity index (χ4v) is 2.12. The van der Waals surface area contributed by atoms with Gasteiger partial charge in [0.25, 0.3) is 0 Å². The molecular formula is C15H11ClN4O3. The molecule has 0 saturated heterocycles. The highest BCUT2D eigenvalue weighted by Crippen LogP contribution is 2.30. The Kier molecular flexibility index (Phi) is 4.20. The van der Waals surface area contributed by atoms with E-state index in [2.05, 4.69) is 15.3 Å². The summed E-state index contributed by atoms with van der Waals surface area (Å²) in [5.74, 6) is 0.600. The first-order valence-corrected chi connectivity index (χ1v) is 6.92. The highest BCUT2D eigenvalue weighted by molar-refractivity contribution is 6.33. The predicted molar refractivity (Wildman–Crippen MR) is 83.5 cm³/mol. The molecular weight excluding hydrogens is 320 g/mol. The summed E-state index contributed by atoms with van der Waals surface area (Å²) in [5, 5.41) is 11.8. The van der Waals surface area contributed by atoms with Crippen molar-refractivity contribution >= 4 is 23.8 Å². The zero-order valence-corrected chi connectivity index (χ0v) is 12.8. The first-order chi connectivity index (χ1) is 11.2. The molecule has 2 heterocycles. The summed E-state index contributed by atoms with van der Waals surface area (Å²) in [6.45, 7) is 0. The summed E-state index contributed by atoms with van der Waals surface area (Å²) in [4.78, 5) is 11.6. The summed E-state index contributed by atoms with van der Waals surface area (Å²) >= 11 is 6.18. The molecule has 0 aliphatic rings. The lowest BCUT2D eigenvalue weighted by Gasteiger charge is -2.04. The zero-order valence-electron chi connectivity index (χ0n) is 12.0. The van der Waals surface area contributed by atoms with Crippen molar-refractivity contribution in [1.29, 1.82) is 0 Å². The first kappa shape index (κ1) is 15.0. The first-order valence-electron chi connectivity index (χ1n) is 6.54. The van der Waals surface area contributed by atoms with Gasteiger partial charge < -0.3 is 9.15 Å². The molecule has 8 heteroatoms. The number of nitrogens with zero attached hydrogens (tertiary/aromatic N) is 4. The van der Waals surface area contributed by atoms with E-state index in [1.807, 2.05) is 0 Å². The quantitative estimate of drug-likeness (QED) is 0.542. The molecule has 0 spiro atoms. The Hall–Kier alpha value is -2.93. The van der Waals surface area contributed by atoms with Crippen LogP contribution in [0.25, 0.3) is 11.3 Å². The van der Waals surface area contributed by atoms with Crippen molar-refractivity contribution in [2.75, 3.05) is 7.11 Å². The average molecular weight is 331 g/mol. The second-order valence-corrected chi connectivity index (χ2v) is 4.88. The minimum Gasteiger partial charge on any atom is -0.465 e. The molecule has 0 aliphatic heterocycles. The molecule has 0 N–H and O–H groups in total. The second-order valence-electron chi connectivity index (χ2n) is 4.47. The number of furan rings is 1. The van der Waals surface area contributed by atoms with E-state index >= 15 is 0 Å². The van der Waals surface area contributed by atoms with Crippen LogP contribution in [-0.4, -0.2) is 34.2 Å². The van der Waals surface area contributed by atoms with Gasteiger partial charge in [-0.15, -0.1) is 10.2 Å². The molecule has 1 aromatic carbocycles. The van der Waals surface area contributed by atoms with Gasteiger partial charge in [-0.1, -0.05) is 11.6 Å². The summed E-state index contributed by atoms with van der Waals surface area (Å²) in [5.41, 5.74) is 0.988. The van der Waals surface area contributed by atoms with Crippen LogP contribution >= 0.6 is 11.6 Å². The van der Waals surface area contributed by atoms with Crippen LogP contribution in [0.3, 0.4) is 0 Å². The van der Waals surface area contributed by atoms with Crippen molar-refractivity contribution in [1.82, 2.24) is 14.9 Å². The zero-order chi connectivity index (χ0) is 16.2. The predicted octanol–water partition coefficient (Wildman–Crippen LogP) is 2.86. The lowest BCUT2D eigenvalue weighted by atomic mass is 10.1. The number of benzene rings is 1. The van der Waals surface area contributed by atoms with Gasteiger partial charge >= 0.3 is 5.97 Å². The Morgan fingerprint density at radius 2 is 2.09 bits per heavy atom. The Bertz CT molecular complexity index is 855. The molecule has 2 aromatic heterocycles. The van der Waals surface area contributed by atoms with Gasteiger partial charge in [0, 0.05) is 5.56 Å². The van der Waals surface area contributed by atoms with Crippen LogP contribution in [0.2, 0.25) is 5.02 Å². The molecule has 116 valence electrons. The van der Waals surface area contributed by atoms with Crippen molar-refractivity contribution in [2.24, 2.45) is 5.10 Å². The molecule has 7 nitrogen and oxygen atoms in total. The highest BCUT2D eigenvalue weighted by Gasteiger charge is 2.13. The van der Waals surface area contributed by atoms with Gasteiger partial charge in [0.05, 0.1) is 23.9 Å². The number of hydrogen-bond acceptors (Lipinski definition) is 6. The van der Waals surface area contributed by atoms with Crippen molar-refractivity contribution < 1.29 is 13.9 Å². The molecule has 0 atom stereocenters. The van der Waals surface area contributed by atoms with Crippen molar-refractivity contribution in [3.05, 3.63) is 59.3 Å². The van der Waals surface area contributed by atoms with Crippen LogP contribution in [0, 0.1) is 0 Å². The monoisotopic (exact) mass is 330 g/mol. The Labute approximate surface area is 136 Å². The minimum atomic E-state index is -0.441. The number of aromatic nitrogens is 3. The number of methoxy groups -OCH3 is 1.